The summed E-state index contributed by atoms with van der Waals surface area (Å²) in [6.07, 6.45) is 1.35. The smallest absolute Gasteiger partial charge is 0.270 e. The van der Waals surface area contributed by atoms with Crippen LogP contribution in [0.25, 0.3) is 10.9 Å². The number of aromatic nitrogens is 2. The van der Waals surface area contributed by atoms with Crippen molar-refractivity contribution in [3.63, 3.8) is 0 Å². The number of nitro benzene ring substituents is 1. The predicted molar refractivity (Wildman–Crippen MR) is 74.9 cm³/mol. The van der Waals surface area contributed by atoms with E-state index >= 15 is 0 Å². The number of H-pyrrole nitrogens is 1. The highest BCUT2D eigenvalue weighted by atomic mass is 16.6. The first-order chi connectivity index (χ1) is 10.1. The number of nitrogens with one attached hydrogen (secondary N) is 2. The normalized spacial score (nSPS) is 16.0. The molecule has 1 fully saturated rings. The van der Waals surface area contributed by atoms with Crippen molar-refractivity contribution < 1.29 is 14.5 Å². The molecule has 0 spiro atoms. The number of carbonyl (C=O) groups is 1. The zero-order valence-electron chi connectivity index (χ0n) is 11.2. The Morgan fingerprint density at radius 2 is 2.19 bits per heavy atom. The molecule has 0 unspecified atom stereocenters. The number of anilines is 1. The van der Waals surface area contributed by atoms with Gasteiger partial charge in [-0.2, -0.15) is 5.10 Å². The van der Waals surface area contributed by atoms with Gasteiger partial charge >= 0.3 is 0 Å². The van der Waals surface area contributed by atoms with Crippen molar-refractivity contribution in [3.8, 4) is 0 Å². The van der Waals surface area contributed by atoms with Crippen molar-refractivity contribution in [2.75, 3.05) is 18.5 Å². The van der Waals surface area contributed by atoms with Gasteiger partial charge in [0.2, 0.25) is 5.91 Å². The number of rotatable bonds is 3. The summed E-state index contributed by atoms with van der Waals surface area (Å²) in [4.78, 5) is 22.5. The van der Waals surface area contributed by atoms with Crippen LogP contribution in [-0.2, 0) is 9.53 Å². The van der Waals surface area contributed by atoms with Crippen molar-refractivity contribution in [1.82, 2.24) is 10.2 Å². The number of aromatic amines is 1. The summed E-state index contributed by atoms with van der Waals surface area (Å²) in [5, 5.41) is 20.9. The summed E-state index contributed by atoms with van der Waals surface area (Å²) in [6.45, 7) is 1.15. The lowest BCUT2D eigenvalue weighted by atomic mass is 9.99. The molecule has 0 atom stereocenters. The number of fused-ring (bicyclic) bond motifs is 1. The van der Waals surface area contributed by atoms with Crippen molar-refractivity contribution in [2.24, 2.45) is 5.92 Å². The fourth-order valence-electron chi connectivity index (χ4n) is 2.39. The van der Waals surface area contributed by atoms with E-state index in [9.17, 15) is 14.9 Å². The van der Waals surface area contributed by atoms with Crippen molar-refractivity contribution in [3.05, 3.63) is 28.3 Å². The molecule has 1 aromatic heterocycles. The molecule has 21 heavy (non-hydrogen) atoms. The molecule has 3 rings (SSSR count). The first-order valence-corrected chi connectivity index (χ1v) is 6.66. The van der Waals surface area contributed by atoms with Crippen LogP contribution in [0, 0.1) is 16.0 Å². The van der Waals surface area contributed by atoms with Gasteiger partial charge in [0, 0.05) is 31.3 Å². The maximum absolute atomic E-state index is 12.2. The number of hydrogen-bond acceptors (Lipinski definition) is 5. The molecule has 1 amide bonds. The van der Waals surface area contributed by atoms with Gasteiger partial charge in [0.1, 0.15) is 0 Å². The number of hydrogen-bond donors (Lipinski definition) is 2. The lowest BCUT2D eigenvalue weighted by molar-refractivity contribution is -0.384. The van der Waals surface area contributed by atoms with E-state index in [4.69, 9.17) is 4.74 Å². The largest absolute Gasteiger partial charge is 0.381 e. The third-order valence-corrected chi connectivity index (χ3v) is 3.59. The molecule has 0 aliphatic carbocycles. The number of benzene rings is 1. The second-order valence-corrected chi connectivity index (χ2v) is 4.94. The standard InChI is InChI=1S/C13H14N4O4/c18-13(8-3-5-21-6-4-8)14-12-10-7-9(17(19)20)1-2-11(10)15-16-12/h1-2,7-8H,3-6H2,(H2,14,15,16,18). The molecule has 2 aromatic rings. The molecule has 1 aliphatic heterocycles. The highest BCUT2D eigenvalue weighted by Gasteiger charge is 2.23. The summed E-state index contributed by atoms with van der Waals surface area (Å²) in [7, 11) is 0. The fraction of sp³-hybridized carbons (Fsp3) is 0.385. The van der Waals surface area contributed by atoms with Gasteiger partial charge in [0.25, 0.3) is 5.69 Å². The third kappa shape index (κ3) is 2.70. The number of non-ortho nitro benzene ring substituents is 1. The molecule has 0 radical (unpaired) electrons. The Bertz CT molecular complexity index is 691. The van der Waals surface area contributed by atoms with E-state index in [0.717, 1.165) is 0 Å². The van der Waals surface area contributed by atoms with E-state index in [1.807, 2.05) is 0 Å². The topological polar surface area (TPSA) is 110 Å². The lowest BCUT2D eigenvalue weighted by Gasteiger charge is -2.20. The molecule has 1 saturated heterocycles. The molecule has 8 nitrogen and oxygen atoms in total. The van der Waals surface area contributed by atoms with Gasteiger partial charge in [0.05, 0.1) is 15.8 Å². The Labute approximate surface area is 119 Å². The Balaban J connectivity index is 1.84. The van der Waals surface area contributed by atoms with Crippen molar-refractivity contribution >= 4 is 28.3 Å². The van der Waals surface area contributed by atoms with Gasteiger partial charge in [-0.3, -0.25) is 20.0 Å². The quantitative estimate of drug-likeness (QED) is 0.662. The highest BCUT2D eigenvalue weighted by molar-refractivity contribution is 6.01. The average molecular weight is 290 g/mol. The lowest BCUT2D eigenvalue weighted by Crippen LogP contribution is -2.28. The third-order valence-electron chi connectivity index (χ3n) is 3.59. The van der Waals surface area contributed by atoms with E-state index in [-0.39, 0.29) is 17.5 Å². The number of nitro groups is 1. The molecule has 0 saturated carbocycles. The number of ether oxygens (including phenoxy) is 1. The summed E-state index contributed by atoms with van der Waals surface area (Å²) in [5.74, 6) is 0.0904. The molecule has 1 aromatic carbocycles. The molecule has 2 N–H and O–H groups in total. The minimum Gasteiger partial charge on any atom is -0.381 e. The van der Waals surface area contributed by atoms with Crippen LogP contribution in [0.2, 0.25) is 0 Å². The summed E-state index contributed by atoms with van der Waals surface area (Å²) in [6, 6.07) is 4.37. The second kappa shape index (κ2) is 5.49. The number of nitrogens with zero attached hydrogens (tertiary/aromatic N) is 2. The number of amides is 1. The van der Waals surface area contributed by atoms with Gasteiger partial charge in [-0.05, 0) is 18.9 Å². The van der Waals surface area contributed by atoms with Crippen LogP contribution in [0.4, 0.5) is 11.5 Å². The van der Waals surface area contributed by atoms with Crippen molar-refractivity contribution in [1.29, 1.82) is 0 Å². The van der Waals surface area contributed by atoms with Gasteiger partial charge < -0.3 is 10.1 Å². The van der Waals surface area contributed by atoms with Gasteiger partial charge in [-0.25, -0.2) is 0 Å². The van der Waals surface area contributed by atoms with Crippen LogP contribution in [0.1, 0.15) is 12.8 Å². The molecule has 0 bridgehead atoms. The van der Waals surface area contributed by atoms with Crippen molar-refractivity contribution in [2.45, 2.75) is 12.8 Å². The Hall–Kier alpha value is -2.48. The Kier molecular flexibility index (Phi) is 3.53. The van der Waals surface area contributed by atoms with Gasteiger partial charge in [0.15, 0.2) is 5.82 Å². The van der Waals surface area contributed by atoms with E-state index in [1.54, 1.807) is 6.07 Å². The van der Waals surface area contributed by atoms with E-state index in [2.05, 4.69) is 15.5 Å². The minimum absolute atomic E-state index is 0.0366. The monoisotopic (exact) mass is 290 g/mol. The highest BCUT2D eigenvalue weighted by Crippen LogP contribution is 2.26. The average Bonchev–Trinajstić information content (AvgIpc) is 2.90. The van der Waals surface area contributed by atoms with Gasteiger partial charge in [-0.1, -0.05) is 0 Å². The number of carbonyl (C=O) groups excluding carboxylic acids is 1. The summed E-state index contributed by atoms with van der Waals surface area (Å²) in [5.41, 5.74) is 0.605. The van der Waals surface area contributed by atoms with E-state index < -0.39 is 4.92 Å². The summed E-state index contributed by atoms with van der Waals surface area (Å²) >= 11 is 0. The predicted octanol–water partition coefficient (Wildman–Crippen LogP) is 1.84. The molecule has 8 heteroatoms. The van der Waals surface area contributed by atoms with Crippen LogP contribution in [0.3, 0.4) is 0 Å². The Morgan fingerprint density at radius 3 is 2.90 bits per heavy atom. The Morgan fingerprint density at radius 1 is 1.43 bits per heavy atom. The second-order valence-electron chi connectivity index (χ2n) is 4.94. The molecule has 2 heterocycles. The molecule has 1 aliphatic rings. The van der Waals surface area contributed by atoms with E-state index in [0.29, 0.717) is 42.8 Å². The maximum Gasteiger partial charge on any atom is 0.270 e. The maximum atomic E-state index is 12.2. The first-order valence-electron chi connectivity index (χ1n) is 6.66. The zero-order chi connectivity index (χ0) is 14.8. The molecular formula is C13H14N4O4. The first kappa shape index (κ1) is 13.5. The van der Waals surface area contributed by atoms with Crippen LogP contribution in [-0.4, -0.2) is 34.2 Å². The zero-order valence-corrected chi connectivity index (χ0v) is 11.2. The van der Waals surface area contributed by atoms with Crippen LogP contribution in [0.15, 0.2) is 18.2 Å². The van der Waals surface area contributed by atoms with Crippen LogP contribution >= 0.6 is 0 Å². The summed E-state index contributed by atoms with van der Waals surface area (Å²) < 4.78 is 5.22. The van der Waals surface area contributed by atoms with Gasteiger partial charge in [-0.15, -0.1) is 0 Å². The molecular weight excluding hydrogens is 276 g/mol. The fourth-order valence-corrected chi connectivity index (χ4v) is 2.39. The van der Waals surface area contributed by atoms with Crippen LogP contribution < -0.4 is 5.32 Å². The van der Waals surface area contributed by atoms with E-state index in [1.165, 1.54) is 12.1 Å². The SMILES string of the molecule is O=C(Nc1n[nH]c2ccc([N+](=O)[O-])cc12)C1CCOCC1. The minimum atomic E-state index is -0.476. The van der Waals surface area contributed by atoms with Crippen LogP contribution in [0.5, 0.6) is 0 Å². The molecule has 110 valence electrons.